The normalized spacial score (nSPS) is 34.9. The zero-order valence-corrected chi connectivity index (χ0v) is 9.11. The number of ether oxygens (including phenoxy) is 1. The predicted octanol–water partition coefficient (Wildman–Crippen LogP) is -0.196. The molecule has 5 nitrogen and oxygen atoms in total. The number of rotatable bonds is 2. The van der Waals surface area contributed by atoms with E-state index in [1.54, 1.807) is 0 Å². The zero-order valence-electron chi connectivity index (χ0n) is 8.30. The lowest BCUT2D eigenvalue weighted by molar-refractivity contribution is -0.124. The van der Waals surface area contributed by atoms with Gasteiger partial charge in [0.1, 0.15) is 5.44 Å². The van der Waals surface area contributed by atoms with Gasteiger partial charge in [-0.25, -0.2) is 4.39 Å². The number of aliphatic hydroxyl groups excluding tert-OH is 1. The molecule has 7 heteroatoms. The molecule has 88 valence electrons. The van der Waals surface area contributed by atoms with Gasteiger partial charge >= 0.3 is 0 Å². The van der Waals surface area contributed by atoms with Gasteiger partial charge in [-0.1, -0.05) is 0 Å². The molecule has 1 fully saturated rings. The molecule has 1 saturated heterocycles. The number of carbonyl (C=O) groups excluding carboxylic acids is 1. The topological polar surface area (TPSA) is 84.9 Å². The molecule has 0 aromatic rings. The molecule has 0 spiro atoms. The number of nitrogens with two attached hydrogens (primary N) is 1. The largest absolute Gasteiger partial charge is 0.393 e. The summed E-state index contributed by atoms with van der Waals surface area (Å²) in [5.74, 6) is -1.78. The van der Waals surface area contributed by atoms with Gasteiger partial charge in [-0.15, -0.1) is 11.8 Å². The summed E-state index contributed by atoms with van der Waals surface area (Å²) in [6.45, 7) is -0.125. The maximum atomic E-state index is 13.2. The summed E-state index contributed by atoms with van der Waals surface area (Å²) in [6.07, 6.45) is 0.688. The zero-order chi connectivity index (χ0) is 11.7. The fourth-order valence-corrected chi connectivity index (χ4v) is 2.60. The number of aliphatic imine (C=N–C) groups is 1. The monoisotopic (exact) mass is 246 g/mol. The van der Waals surface area contributed by atoms with Gasteiger partial charge in [0.05, 0.1) is 18.6 Å². The highest BCUT2D eigenvalue weighted by Crippen LogP contribution is 2.31. The minimum absolute atomic E-state index is 0.125. The van der Waals surface area contributed by atoms with Gasteiger partial charge in [-0.2, -0.15) is 4.99 Å². The average Bonchev–Trinajstić information content (AvgIpc) is 2.71. The number of amidine groups is 1. The predicted molar refractivity (Wildman–Crippen MR) is 57.5 cm³/mol. The van der Waals surface area contributed by atoms with Crippen molar-refractivity contribution in [3.8, 4) is 0 Å². The molecule has 2 heterocycles. The molecule has 3 N–H and O–H groups in total. The summed E-state index contributed by atoms with van der Waals surface area (Å²) >= 11 is 1.39. The summed E-state index contributed by atoms with van der Waals surface area (Å²) < 4.78 is 18.5. The first-order valence-corrected chi connectivity index (χ1v) is 5.80. The van der Waals surface area contributed by atoms with Crippen LogP contribution < -0.4 is 5.73 Å². The van der Waals surface area contributed by atoms with Gasteiger partial charge in [0.2, 0.25) is 0 Å². The minimum atomic E-state index is -0.739. The van der Waals surface area contributed by atoms with Crippen molar-refractivity contribution in [1.29, 1.82) is 0 Å². The number of aliphatic hydroxyl groups is 1. The van der Waals surface area contributed by atoms with Crippen molar-refractivity contribution in [2.45, 2.75) is 11.5 Å². The second-order valence-electron chi connectivity index (χ2n) is 3.50. The molecule has 2 aliphatic heterocycles. The molecule has 2 aliphatic rings. The van der Waals surface area contributed by atoms with E-state index < -0.39 is 23.8 Å². The Bertz CT molecular complexity index is 372. The molecule has 1 unspecified atom stereocenters. The van der Waals surface area contributed by atoms with Crippen molar-refractivity contribution >= 4 is 23.5 Å². The highest BCUT2D eigenvalue weighted by molar-refractivity contribution is 8.00. The van der Waals surface area contributed by atoms with Crippen molar-refractivity contribution in [2.24, 2.45) is 16.6 Å². The Hall–Kier alpha value is -0.920. The first-order chi connectivity index (χ1) is 7.61. The Morgan fingerprint density at radius 2 is 2.50 bits per heavy atom. The highest BCUT2D eigenvalue weighted by Gasteiger charge is 2.37. The number of hydrogen-bond acceptors (Lipinski definition) is 5. The Morgan fingerprint density at radius 3 is 3.12 bits per heavy atom. The number of halogens is 1. The van der Waals surface area contributed by atoms with E-state index in [1.807, 2.05) is 0 Å². The quantitative estimate of drug-likeness (QED) is 0.705. The van der Waals surface area contributed by atoms with Crippen LogP contribution in [0.15, 0.2) is 16.9 Å². The maximum Gasteiger partial charge on any atom is 0.257 e. The molecule has 0 saturated carbocycles. The smallest absolute Gasteiger partial charge is 0.257 e. The fraction of sp³-hybridized carbons (Fsp3) is 0.556. The van der Waals surface area contributed by atoms with Crippen LogP contribution in [0.4, 0.5) is 4.39 Å². The van der Waals surface area contributed by atoms with Gasteiger partial charge in [0, 0.05) is 5.75 Å². The lowest BCUT2D eigenvalue weighted by atomic mass is 10.00. The Morgan fingerprint density at radius 1 is 1.75 bits per heavy atom. The molecule has 0 bridgehead atoms. The lowest BCUT2D eigenvalue weighted by Gasteiger charge is -2.19. The number of carbonyl (C=O) groups is 1. The van der Waals surface area contributed by atoms with Crippen LogP contribution in [0.2, 0.25) is 0 Å². The van der Waals surface area contributed by atoms with Gasteiger partial charge < -0.3 is 15.6 Å². The van der Waals surface area contributed by atoms with E-state index in [-0.39, 0.29) is 17.9 Å². The van der Waals surface area contributed by atoms with Gasteiger partial charge in [-0.05, 0) is 6.08 Å². The SMILES string of the molecule is NC1=NC(=O)C([C@H]2CS[C@H](CO)O2)C=C1F. The van der Waals surface area contributed by atoms with Crippen LogP contribution in [-0.4, -0.2) is 40.7 Å². The summed E-state index contributed by atoms with van der Waals surface area (Å²) in [6, 6.07) is 0. The molecule has 1 amide bonds. The second kappa shape index (κ2) is 4.52. The first kappa shape index (κ1) is 11.6. The summed E-state index contributed by atoms with van der Waals surface area (Å²) in [7, 11) is 0. The van der Waals surface area contributed by atoms with E-state index >= 15 is 0 Å². The van der Waals surface area contributed by atoms with Crippen molar-refractivity contribution in [2.75, 3.05) is 12.4 Å². The van der Waals surface area contributed by atoms with E-state index in [0.717, 1.165) is 6.08 Å². The Labute approximate surface area is 95.6 Å². The minimum Gasteiger partial charge on any atom is -0.393 e. The van der Waals surface area contributed by atoms with E-state index in [0.29, 0.717) is 5.75 Å². The number of nitrogens with zero attached hydrogens (tertiary/aromatic N) is 1. The van der Waals surface area contributed by atoms with Crippen LogP contribution in [0.25, 0.3) is 0 Å². The second-order valence-corrected chi connectivity index (χ2v) is 4.69. The number of thioether (sulfide) groups is 1. The molecular weight excluding hydrogens is 235 g/mol. The van der Waals surface area contributed by atoms with E-state index in [1.165, 1.54) is 11.8 Å². The first-order valence-electron chi connectivity index (χ1n) is 4.75. The summed E-state index contributed by atoms with van der Waals surface area (Å²) in [5, 5.41) is 8.87. The lowest BCUT2D eigenvalue weighted by Crippen LogP contribution is -2.33. The van der Waals surface area contributed by atoms with E-state index in [9.17, 15) is 9.18 Å². The Kier molecular flexibility index (Phi) is 3.27. The molecule has 0 radical (unpaired) electrons. The van der Waals surface area contributed by atoms with Crippen LogP contribution in [0.1, 0.15) is 0 Å². The van der Waals surface area contributed by atoms with Crippen LogP contribution in [0, 0.1) is 5.92 Å². The third-order valence-corrected chi connectivity index (χ3v) is 3.56. The standard InChI is InChI=1S/C9H11FN2O3S/c10-5-1-4(9(14)12-8(5)11)6-3-16-7(2-13)15-6/h1,4,6-7,13H,2-3H2,(H2,11,12,14)/t4?,6-,7-/m1/s1. The molecule has 16 heavy (non-hydrogen) atoms. The van der Waals surface area contributed by atoms with Crippen LogP contribution in [0.5, 0.6) is 0 Å². The van der Waals surface area contributed by atoms with Crippen molar-refractivity contribution < 1.29 is 19.0 Å². The molecule has 3 atom stereocenters. The van der Waals surface area contributed by atoms with E-state index in [2.05, 4.69) is 4.99 Å². The molecule has 0 aliphatic carbocycles. The van der Waals surface area contributed by atoms with E-state index in [4.69, 9.17) is 15.6 Å². The highest BCUT2D eigenvalue weighted by atomic mass is 32.2. The maximum absolute atomic E-state index is 13.2. The van der Waals surface area contributed by atoms with Crippen LogP contribution in [0.3, 0.4) is 0 Å². The number of hydrogen-bond donors (Lipinski definition) is 2. The Balaban J connectivity index is 2.09. The molecule has 2 rings (SSSR count). The van der Waals surface area contributed by atoms with Gasteiger partial charge in [0.15, 0.2) is 11.7 Å². The molecular formula is C9H11FN2O3S. The van der Waals surface area contributed by atoms with Gasteiger partial charge in [0.25, 0.3) is 5.91 Å². The number of dihydropyridines is 1. The number of amides is 1. The van der Waals surface area contributed by atoms with Gasteiger partial charge in [-0.3, -0.25) is 4.79 Å². The van der Waals surface area contributed by atoms with Crippen molar-refractivity contribution in [3.63, 3.8) is 0 Å². The third kappa shape index (κ3) is 2.11. The van der Waals surface area contributed by atoms with Crippen molar-refractivity contribution in [3.05, 3.63) is 11.9 Å². The summed E-state index contributed by atoms with van der Waals surface area (Å²) in [5.41, 5.74) is 4.83. The van der Waals surface area contributed by atoms with Crippen LogP contribution >= 0.6 is 11.8 Å². The molecule has 0 aromatic heterocycles. The summed E-state index contributed by atoms with van der Waals surface area (Å²) in [4.78, 5) is 14.9. The fourth-order valence-electron chi connectivity index (χ4n) is 1.59. The van der Waals surface area contributed by atoms with Crippen LogP contribution in [-0.2, 0) is 9.53 Å². The molecule has 0 aromatic carbocycles. The third-order valence-electron chi connectivity index (χ3n) is 2.41. The van der Waals surface area contributed by atoms with Crippen molar-refractivity contribution in [1.82, 2.24) is 0 Å². The average molecular weight is 246 g/mol.